The second-order valence-corrected chi connectivity index (χ2v) is 8.40. The van der Waals surface area contributed by atoms with E-state index < -0.39 is 5.91 Å². The molecule has 2 aromatic carbocycles. The third-order valence-corrected chi connectivity index (χ3v) is 5.81. The first-order valence-electron chi connectivity index (χ1n) is 9.14. The van der Waals surface area contributed by atoms with Crippen molar-refractivity contribution in [3.8, 4) is 0 Å². The van der Waals surface area contributed by atoms with Crippen molar-refractivity contribution >= 4 is 57.9 Å². The number of hydrogen-bond donors (Lipinski definition) is 0. The Morgan fingerprint density at radius 3 is 1.93 bits per heavy atom. The normalized spacial score (nSPS) is 18.2. The summed E-state index contributed by atoms with van der Waals surface area (Å²) < 4.78 is 0. The van der Waals surface area contributed by atoms with Crippen LogP contribution >= 0.6 is 34.8 Å². The van der Waals surface area contributed by atoms with Gasteiger partial charge in [-0.05, 0) is 42.9 Å². The highest BCUT2D eigenvalue weighted by atomic mass is 35.5. The minimum atomic E-state index is -0.399. The van der Waals surface area contributed by atoms with Crippen molar-refractivity contribution in [3.05, 3.63) is 68.8 Å². The predicted molar refractivity (Wildman–Crippen MR) is 116 cm³/mol. The number of amides is 2. The van der Waals surface area contributed by atoms with Gasteiger partial charge in [0, 0.05) is 41.2 Å². The van der Waals surface area contributed by atoms with Crippen molar-refractivity contribution < 1.29 is 9.59 Å². The Balaban J connectivity index is 1.82. The molecule has 5 nitrogen and oxygen atoms in total. The molecule has 8 heteroatoms. The van der Waals surface area contributed by atoms with Crippen molar-refractivity contribution in [2.75, 3.05) is 38.1 Å². The molecule has 2 amide bonds. The van der Waals surface area contributed by atoms with Crippen LogP contribution in [-0.2, 0) is 9.59 Å². The zero-order chi connectivity index (χ0) is 20.7. The molecule has 0 aromatic heterocycles. The second-order valence-electron chi connectivity index (χ2n) is 7.09. The summed E-state index contributed by atoms with van der Waals surface area (Å²) >= 11 is 18.3. The summed E-state index contributed by atoms with van der Waals surface area (Å²) in [5, 5.41) is 1.27. The molecule has 2 heterocycles. The Morgan fingerprint density at radius 2 is 1.34 bits per heavy atom. The van der Waals surface area contributed by atoms with E-state index in [0.29, 0.717) is 50.7 Å². The lowest BCUT2D eigenvalue weighted by Crippen LogP contribution is -2.46. The predicted octanol–water partition coefficient (Wildman–Crippen LogP) is 4.18. The lowest BCUT2D eigenvalue weighted by atomic mass is 10.0. The van der Waals surface area contributed by atoms with Gasteiger partial charge >= 0.3 is 0 Å². The lowest BCUT2D eigenvalue weighted by molar-refractivity contribution is -0.120. The number of piperazine rings is 1. The smallest absolute Gasteiger partial charge is 0.282 e. The molecule has 0 unspecified atom stereocenters. The Labute approximate surface area is 184 Å². The second kappa shape index (κ2) is 8.00. The number of carbonyl (C=O) groups excluding carboxylic acids is 2. The summed E-state index contributed by atoms with van der Waals surface area (Å²) in [6.45, 7) is 2.93. The van der Waals surface area contributed by atoms with E-state index >= 15 is 0 Å². The van der Waals surface area contributed by atoms with E-state index in [0.717, 1.165) is 18.0 Å². The van der Waals surface area contributed by atoms with Crippen LogP contribution in [0.5, 0.6) is 0 Å². The number of halogens is 3. The molecule has 150 valence electrons. The van der Waals surface area contributed by atoms with Crippen LogP contribution < -0.4 is 4.90 Å². The number of benzene rings is 2. The number of hydrogen-bond acceptors (Lipinski definition) is 4. The highest BCUT2D eigenvalue weighted by Gasteiger charge is 2.43. The minimum Gasteiger partial charge on any atom is -0.364 e. The molecule has 29 heavy (non-hydrogen) atoms. The average molecular weight is 451 g/mol. The maximum absolute atomic E-state index is 13.5. The summed E-state index contributed by atoms with van der Waals surface area (Å²) in [6, 6.07) is 11.6. The molecular weight excluding hydrogens is 433 g/mol. The fourth-order valence-electron chi connectivity index (χ4n) is 3.62. The van der Waals surface area contributed by atoms with E-state index in [1.54, 1.807) is 42.5 Å². The lowest BCUT2D eigenvalue weighted by Gasteiger charge is -2.34. The Hall–Kier alpha value is -2.05. The van der Waals surface area contributed by atoms with Crippen LogP contribution in [0.25, 0.3) is 5.57 Å². The zero-order valence-electron chi connectivity index (χ0n) is 15.7. The minimum absolute atomic E-state index is 0.355. The molecule has 2 aliphatic heterocycles. The van der Waals surface area contributed by atoms with Gasteiger partial charge < -0.3 is 9.80 Å². The first kappa shape index (κ1) is 20.2. The molecular formula is C21H18Cl3N3O2. The maximum atomic E-state index is 13.5. The fourth-order valence-corrected chi connectivity index (χ4v) is 4.26. The highest BCUT2D eigenvalue weighted by molar-refractivity contribution is 6.46. The van der Waals surface area contributed by atoms with Gasteiger partial charge in [-0.15, -0.1) is 0 Å². The number of likely N-dealkylation sites (N-methyl/N-ethyl adjacent to an activating group) is 1. The summed E-state index contributed by atoms with van der Waals surface area (Å²) in [6.07, 6.45) is 0. The van der Waals surface area contributed by atoms with Crippen molar-refractivity contribution in [1.82, 2.24) is 9.80 Å². The SMILES string of the molecule is CN1CCN(C2=C(c3ccc(Cl)cc3)C(=O)N(c3cc(Cl)cc(Cl)c3)C2=O)CC1. The zero-order valence-corrected chi connectivity index (χ0v) is 17.9. The van der Waals surface area contributed by atoms with Gasteiger partial charge in [-0.2, -0.15) is 0 Å². The molecule has 0 spiro atoms. The molecule has 0 radical (unpaired) electrons. The summed E-state index contributed by atoms with van der Waals surface area (Å²) in [7, 11) is 2.04. The average Bonchev–Trinajstić information content (AvgIpc) is 2.93. The van der Waals surface area contributed by atoms with Crippen LogP contribution in [-0.4, -0.2) is 54.8 Å². The van der Waals surface area contributed by atoms with Crippen LogP contribution in [0.4, 0.5) is 5.69 Å². The standard InChI is InChI=1S/C21H18Cl3N3O2/c1-25-6-8-26(9-7-25)19-18(13-2-4-14(22)5-3-13)20(28)27(21(19)29)17-11-15(23)10-16(24)12-17/h2-5,10-12H,6-9H2,1H3. The summed E-state index contributed by atoms with van der Waals surface area (Å²) in [5.74, 6) is -0.771. The molecule has 0 atom stereocenters. The number of rotatable bonds is 3. The van der Waals surface area contributed by atoms with Gasteiger partial charge in [0.1, 0.15) is 5.70 Å². The number of anilines is 1. The number of imide groups is 1. The van der Waals surface area contributed by atoms with Crippen molar-refractivity contribution in [3.63, 3.8) is 0 Å². The Kier molecular flexibility index (Phi) is 5.58. The van der Waals surface area contributed by atoms with Gasteiger partial charge in [0.05, 0.1) is 11.3 Å². The maximum Gasteiger partial charge on any atom is 0.282 e. The van der Waals surface area contributed by atoms with Gasteiger partial charge in [0.2, 0.25) is 0 Å². The van der Waals surface area contributed by atoms with Crippen molar-refractivity contribution in [2.24, 2.45) is 0 Å². The molecule has 2 aromatic rings. The number of carbonyl (C=O) groups is 2. The van der Waals surface area contributed by atoms with Crippen molar-refractivity contribution in [1.29, 1.82) is 0 Å². The van der Waals surface area contributed by atoms with E-state index in [-0.39, 0.29) is 5.91 Å². The molecule has 0 saturated carbocycles. The van der Waals surface area contributed by atoms with E-state index in [2.05, 4.69) is 4.90 Å². The molecule has 0 N–H and O–H groups in total. The van der Waals surface area contributed by atoms with Gasteiger partial charge in [0.25, 0.3) is 11.8 Å². The monoisotopic (exact) mass is 449 g/mol. The molecule has 2 aliphatic rings. The van der Waals surface area contributed by atoms with Gasteiger partial charge in [-0.3, -0.25) is 9.59 Å². The molecule has 1 saturated heterocycles. The molecule has 0 bridgehead atoms. The first-order chi connectivity index (χ1) is 13.8. The van der Waals surface area contributed by atoms with E-state index in [4.69, 9.17) is 34.8 Å². The van der Waals surface area contributed by atoms with Crippen LogP contribution in [0.1, 0.15) is 5.56 Å². The van der Waals surface area contributed by atoms with E-state index in [1.807, 2.05) is 11.9 Å². The van der Waals surface area contributed by atoms with E-state index in [1.165, 1.54) is 0 Å². The molecule has 1 fully saturated rings. The highest BCUT2D eigenvalue weighted by Crippen LogP contribution is 2.37. The van der Waals surface area contributed by atoms with Crippen LogP contribution in [0.15, 0.2) is 48.2 Å². The largest absolute Gasteiger partial charge is 0.364 e. The molecule has 4 rings (SSSR count). The Bertz CT molecular complexity index is 992. The van der Waals surface area contributed by atoms with Crippen molar-refractivity contribution in [2.45, 2.75) is 0 Å². The van der Waals surface area contributed by atoms with Crippen LogP contribution in [0, 0.1) is 0 Å². The topological polar surface area (TPSA) is 43.9 Å². The first-order valence-corrected chi connectivity index (χ1v) is 10.3. The van der Waals surface area contributed by atoms with Gasteiger partial charge in [-0.25, -0.2) is 4.90 Å². The Morgan fingerprint density at radius 1 is 0.759 bits per heavy atom. The quantitative estimate of drug-likeness (QED) is 0.658. The van der Waals surface area contributed by atoms with Crippen LogP contribution in [0.2, 0.25) is 15.1 Å². The summed E-state index contributed by atoms with van der Waals surface area (Å²) in [4.78, 5) is 32.2. The van der Waals surface area contributed by atoms with E-state index in [9.17, 15) is 9.59 Å². The van der Waals surface area contributed by atoms with Gasteiger partial charge in [-0.1, -0.05) is 46.9 Å². The third kappa shape index (κ3) is 3.88. The van der Waals surface area contributed by atoms with Crippen LogP contribution in [0.3, 0.4) is 0 Å². The summed E-state index contributed by atoms with van der Waals surface area (Å²) in [5.41, 5.74) is 1.78. The molecule has 0 aliphatic carbocycles. The fraction of sp³-hybridized carbons (Fsp3) is 0.238. The van der Waals surface area contributed by atoms with Gasteiger partial charge in [0.15, 0.2) is 0 Å². The number of nitrogens with zero attached hydrogens (tertiary/aromatic N) is 3. The third-order valence-electron chi connectivity index (χ3n) is 5.12.